The van der Waals surface area contributed by atoms with Gasteiger partial charge in [0.15, 0.2) is 0 Å². The van der Waals surface area contributed by atoms with Crippen LogP contribution in [0.15, 0.2) is 48.5 Å². The lowest BCUT2D eigenvalue weighted by molar-refractivity contribution is 0.230. The van der Waals surface area contributed by atoms with Gasteiger partial charge < -0.3 is 4.74 Å². The summed E-state index contributed by atoms with van der Waals surface area (Å²) in [4.78, 5) is 0. The molecule has 0 saturated carbocycles. The van der Waals surface area contributed by atoms with Crippen LogP contribution in [-0.2, 0) is 0 Å². The fourth-order valence-electron chi connectivity index (χ4n) is 1.65. The number of aryl methyl sites for hydroxylation is 1. The van der Waals surface area contributed by atoms with Gasteiger partial charge in [0.1, 0.15) is 11.9 Å². The Labute approximate surface area is 117 Å². The molecule has 0 spiro atoms. The van der Waals surface area contributed by atoms with Crippen LogP contribution < -0.4 is 4.74 Å². The summed E-state index contributed by atoms with van der Waals surface area (Å²) in [6.45, 7) is 2.04. The maximum Gasteiger partial charge on any atom is 0.137 e. The van der Waals surface area contributed by atoms with Crippen molar-refractivity contribution in [2.24, 2.45) is 0 Å². The molecule has 18 heavy (non-hydrogen) atoms. The summed E-state index contributed by atoms with van der Waals surface area (Å²) in [7, 11) is 0. The number of alkyl halides is 1. The monoisotopic (exact) mass is 280 g/mol. The Morgan fingerprint density at radius 3 is 2.17 bits per heavy atom. The van der Waals surface area contributed by atoms with Gasteiger partial charge >= 0.3 is 0 Å². The molecule has 0 aromatic heterocycles. The Morgan fingerprint density at radius 2 is 1.61 bits per heavy atom. The van der Waals surface area contributed by atoms with Crippen molar-refractivity contribution in [3.05, 3.63) is 64.7 Å². The lowest BCUT2D eigenvalue weighted by atomic mass is 10.1. The average Bonchev–Trinajstić information content (AvgIpc) is 2.39. The van der Waals surface area contributed by atoms with Gasteiger partial charge in [0.2, 0.25) is 0 Å². The normalized spacial score (nSPS) is 12.2. The number of rotatable bonds is 4. The molecule has 2 aromatic rings. The second-order valence-electron chi connectivity index (χ2n) is 4.13. The number of halogens is 2. The van der Waals surface area contributed by atoms with Gasteiger partial charge in [0.25, 0.3) is 0 Å². The highest BCUT2D eigenvalue weighted by Gasteiger charge is 2.11. The van der Waals surface area contributed by atoms with E-state index in [4.69, 9.17) is 27.9 Å². The zero-order valence-electron chi connectivity index (χ0n) is 10.1. The molecule has 0 unspecified atom stereocenters. The summed E-state index contributed by atoms with van der Waals surface area (Å²) >= 11 is 11.8. The minimum Gasteiger partial charge on any atom is -0.484 e. The quantitative estimate of drug-likeness (QED) is 0.716. The Bertz CT molecular complexity index is 491. The molecule has 94 valence electrons. The maximum atomic E-state index is 5.97. The zero-order valence-corrected chi connectivity index (χ0v) is 11.6. The molecule has 3 heteroatoms. The number of hydrogen-bond donors (Lipinski definition) is 0. The first-order chi connectivity index (χ1) is 8.69. The molecular formula is C15H14Cl2O. The lowest BCUT2D eigenvalue weighted by Crippen LogP contribution is -2.09. The second-order valence-corrected chi connectivity index (χ2v) is 4.87. The minimum absolute atomic E-state index is 0.161. The van der Waals surface area contributed by atoms with Gasteiger partial charge in [0.05, 0.1) is 5.88 Å². The molecule has 0 saturated heterocycles. The van der Waals surface area contributed by atoms with Gasteiger partial charge in [-0.25, -0.2) is 0 Å². The summed E-state index contributed by atoms with van der Waals surface area (Å²) in [5.74, 6) is 1.22. The molecular weight excluding hydrogens is 267 g/mol. The van der Waals surface area contributed by atoms with Gasteiger partial charge in [0, 0.05) is 5.02 Å². The Balaban J connectivity index is 2.14. The molecule has 0 aliphatic carbocycles. The van der Waals surface area contributed by atoms with E-state index in [0.29, 0.717) is 10.9 Å². The van der Waals surface area contributed by atoms with Crippen LogP contribution in [0.25, 0.3) is 0 Å². The molecule has 1 nitrogen and oxygen atoms in total. The third-order valence-electron chi connectivity index (χ3n) is 2.68. The third kappa shape index (κ3) is 3.41. The van der Waals surface area contributed by atoms with Crippen LogP contribution in [-0.4, -0.2) is 5.88 Å². The van der Waals surface area contributed by atoms with E-state index in [9.17, 15) is 0 Å². The van der Waals surface area contributed by atoms with Crippen LogP contribution in [0.3, 0.4) is 0 Å². The van der Waals surface area contributed by atoms with Crippen molar-refractivity contribution in [3.63, 3.8) is 0 Å². The van der Waals surface area contributed by atoms with Crippen LogP contribution in [0.5, 0.6) is 5.75 Å². The smallest absolute Gasteiger partial charge is 0.137 e. The predicted octanol–water partition coefficient (Wildman–Crippen LogP) is 5.01. The summed E-state index contributed by atoms with van der Waals surface area (Å²) in [5.41, 5.74) is 2.23. The fraction of sp³-hybridized carbons (Fsp3) is 0.200. The van der Waals surface area contributed by atoms with E-state index in [1.54, 1.807) is 0 Å². The van der Waals surface area contributed by atoms with E-state index in [2.05, 4.69) is 0 Å². The highest BCUT2D eigenvalue weighted by Crippen LogP contribution is 2.24. The standard InChI is InChI=1S/C15H14Cl2O/c1-11-2-8-14(9-3-11)18-15(10-16)12-4-6-13(17)7-5-12/h2-9,15H,10H2,1H3/t15-/m1/s1. The number of benzene rings is 2. The van der Waals surface area contributed by atoms with E-state index in [-0.39, 0.29) is 6.10 Å². The van der Waals surface area contributed by atoms with E-state index >= 15 is 0 Å². The van der Waals surface area contributed by atoms with E-state index < -0.39 is 0 Å². The van der Waals surface area contributed by atoms with Crippen LogP contribution in [0.4, 0.5) is 0 Å². The molecule has 2 aromatic carbocycles. The summed E-state index contributed by atoms with van der Waals surface area (Å²) in [6, 6.07) is 15.5. The molecule has 0 N–H and O–H groups in total. The Morgan fingerprint density at radius 1 is 1.00 bits per heavy atom. The van der Waals surface area contributed by atoms with Gasteiger partial charge in [-0.2, -0.15) is 0 Å². The maximum absolute atomic E-state index is 5.97. The summed E-state index contributed by atoms with van der Waals surface area (Å²) in [5, 5.41) is 0.711. The molecule has 0 fully saturated rings. The summed E-state index contributed by atoms with van der Waals surface area (Å²) < 4.78 is 5.87. The van der Waals surface area contributed by atoms with Gasteiger partial charge in [-0.1, -0.05) is 41.4 Å². The van der Waals surface area contributed by atoms with Gasteiger partial charge in [-0.15, -0.1) is 11.6 Å². The molecule has 2 rings (SSSR count). The van der Waals surface area contributed by atoms with Crippen molar-refractivity contribution in [3.8, 4) is 5.75 Å². The molecule has 0 aliphatic rings. The molecule has 0 radical (unpaired) electrons. The van der Waals surface area contributed by atoms with Crippen LogP contribution in [0.1, 0.15) is 17.2 Å². The minimum atomic E-state index is -0.161. The van der Waals surface area contributed by atoms with Crippen molar-refractivity contribution in [2.75, 3.05) is 5.88 Å². The first-order valence-corrected chi connectivity index (χ1v) is 6.65. The highest BCUT2D eigenvalue weighted by atomic mass is 35.5. The van der Waals surface area contributed by atoms with Crippen LogP contribution in [0, 0.1) is 6.92 Å². The first-order valence-electron chi connectivity index (χ1n) is 5.74. The second kappa shape index (κ2) is 6.12. The average molecular weight is 281 g/mol. The molecule has 0 bridgehead atoms. The van der Waals surface area contributed by atoms with Gasteiger partial charge in [-0.05, 0) is 36.8 Å². The predicted molar refractivity (Wildman–Crippen MR) is 76.7 cm³/mol. The fourth-order valence-corrected chi connectivity index (χ4v) is 2.01. The van der Waals surface area contributed by atoms with Crippen molar-refractivity contribution in [2.45, 2.75) is 13.0 Å². The lowest BCUT2D eigenvalue weighted by Gasteiger charge is -2.17. The Hall–Kier alpha value is -1.18. The molecule has 1 atom stereocenters. The van der Waals surface area contributed by atoms with E-state index in [0.717, 1.165) is 11.3 Å². The summed E-state index contributed by atoms with van der Waals surface area (Å²) in [6.07, 6.45) is -0.161. The van der Waals surface area contributed by atoms with Crippen molar-refractivity contribution in [1.82, 2.24) is 0 Å². The number of ether oxygens (including phenoxy) is 1. The first kappa shape index (κ1) is 13.3. The third-order valence-corrected chi connectivity index (χ3v) is 3.21. The number of hydrogen-bond acceptors (Lipinski definition) is 1. The SMILES string of the molecule is Cc1ccc(O[C@H](CCl)c2ccc(Cl)cc2)cc1. The zero-order chi connectivity index (χ0) is 13.0. The molecule has 0 aliphatic heterocycles. The Kier molecular flexibility index (Phi) is 4.51. The van der Waals surface area contributed by atoms with E-state index in [1.807, 2.05) is 55.5 Å². The van der Waals surface area contributed by atoms with Crippen LogP contribution in [0.2, 0.25) is 5.02 Å². The molecule has 0 heterocycles. The topological polar surface area (TPSA) is 9.23 Å². The molecule has 0 amide bonds. The van der Waals surface area contributed by atoms with Gasteiger partial charge in [-0.3, -0.25) is 0 Å². The largest absolute Gasteiger partial charge is 0.484 e. The van der Waals surface area contributed by atoms with Crippen molar-refractivity contribution >= 4 is 23.2 Å². The van der Waals surface area contributed by atoms with Crippen molar-refractivity contribution < 1.29 is 4.74 Å². The van der Waals surface area contributed by atoms with Crippen LogP contribution >= 0.6 is 23.2 Å². The van der Waals surface area contributed by atoms with E-state index in [1.165, 1.54) is 5.56 Å². The highest BCUT2D eigenvalue weighted by molar-refractivity contribution is 6.30. The van der Waals surface area contributed by atoms with Crippen molar-refractivity contribution in [1.29, 1.82) is 0 Å².